The smallest absolute Gasteiger partial charge is 0.222 e. The number of amides is 1. The Morgan fingerprint density at radius 3 is 2.71 bits per heavy atom. The highest BCUT2D eigenvalue weighted by Gasteiger charge is 2.19. The van der Waals surface area contributed by atoms with Crippen LogP contribution in [0.2, 0.25) is 0 Å². The van der Waals surface area contributed by atoms with E-state index in [-0.39, 0.29) is 5.54 Å². The van der Waals surface area contributed by atoms with Crippen molar-refractivity contribution in [3.05, 3.63) is 0 Å². The van der Waals surface area contributed by atoms with Crippen LogP contribution in [0.15, 0.2) is 0 Å². The Kier molecular flexibility index (Phi) is 5.44. The van der Waals surface area contributed by atoms with Gasteiger partial charge in [0.15, 0.2) is 0 Å². The summed E-state index contributed by atoms with van der Waals surface area (Å²) in [6, 6.07) is 0. The van der Waals surface area contributed by atoms with E-state index in [1.807, 2.05) is 4.90 Å². The minimum Gasteiger partial charge on any atom is -0.343 e. The predicted octanol–water partition coefficient (Wildman–Crippen LogP) is 2.41. The van der Waals surface area contributed by atoms with Gasteiger partial charge in [-0.25, -0.2) is 0 Å². The maximum absolute atomic E-state index is 11.9. The van der Waals surface area contributed by atoms with E-state index in [1.54, 1.807) is 0 Å². The molecule has 0 aromatic carbocycles. The molecule has 0 aliphatic carbocycles. The lowest BCUT2D eigenvalue weighted by molar-refractivity contribution is -0.130. The minimum atomic E-state index is 0.178. The first-order valence-corrected chi connectivity index (χ1v) is 6.91. The van der Waals surface area contributed by atoms with E-state index in [4.69, 9.17) is 0 Å². The zero-order chi connectivity index (χ0) is 12.9. The summed E-state index contributed by atoms with van der Waals surface area (Å²) in [5.74, 6) is 1.06. The number of carbonyl (C=O) groups is 1. The molecule has 100 valence electrons. The van der Waals surface area contributed by atoms with Gasteiger partial charge in [-0.3, -0.25) is 4.79 Å². The highest BCUT2D eigenvalue weighted by Crippen LogP contribution is 2.17. The van der Waals surface area contributed by atoms with Gasteiger partial charge in [-0.1, -0.05) is 6.92 Å². The van der Waals surface area contributed by atoms with Crippen molar-refractivity contribution in [2.75, 3.05) is 19.6 Å². The second-order valence-corrected chi connectivity index (χ2v) is 6.34. The number of rotatable bonds is 4. The molecule has 0 bridgehead atoms. The Morgan fingerprint density at radius 2 is 2.06 bits per heavy atom. The standard InChI is InChI=1S/C14H28N2O/c1-12-6-7-13(17)16(11-8-12)10-5-9-15-14(2,3)4/h12,15H,5-11H2,1-4H3. The highest BCUT2D eigenvalue weighted by molar-refractivity contribution is 5.76. The van der Waals surface area contributed by atoms with Crippen LogP contribution < -0.4 is 5.32 Å². The molecule has 1 heterocycles. The molecule has 3 heteroatoms. The van der Waals surface area contributed by atoms with Gasteiger partial charge in [0, 0.05) is 25.0 Å². The third kappa shape index (κ3) is 6.06. The molecule has 1 atom stereocenters. The predicted molar refractivity (Wildman–Crippen MR) is 72.0 cm³/mol. The molecule has 1 amide bonds. The summed E-state index contributed by atoms with van der Waals surface area (Å²) in [5, 5.41) is 3.46. The zero-order valence-corrected chi connectivity index (χ0v) is 11.9. The molecule has 0 spiro atoms. The molecule has 1 saturated heterocycles. The summed E-state index contributed by atoms with van der Waals surface area (Å²) < 4.78 is 0. The second-order valence-electron chi connectivity index (χ2n) is 6.34. The van der Waals surface area contributed by atoms with Gasteiger partial charge < -0.3 is 10.2 Å². The van der Waals surface area contributed by atoms with Crippen LogP contribution in [0.3, 0.4) is 0 Å². The summed E-state index contributed by atoms with van der Waals surface area (Å²) in [6.07, 6.45) is 4.03. The normalized spacial score (nSPS) is 22.7. The van der Waals surface area contributed by atoms with Gasteiger partial charge in [-0.05, 0) is 52.5 Å². The molecule has 1 N–H and O–H groups in total. The fraction of sp³-hybridized carbons (Fsp3) is 0.929. The van der Waals surface area contributed by atoms with Crippen molar-refractivity contribution in [1.29, 1.82) is 0 Å². The SMILES string of the molecule is CC1CCC(=O)N(CCCNC(C)(C)C)CC1. The monoisotopic (exact) mass is 240 g/mol. The van der Waals surface area contributed by atoms with E-state index in [9.17, 15) is 4.79 Å². The summed E-state index contributed by atoms with van der Waals surface area (Å²) in [5.41, 5.74) is 0.178. The van der Waals surface area contributed by atoms with E-state index in [0.29, 0.717) is 11.8 Å². The van der Waals surface area contributed by atoms with Crippen LogP contribution in [0.4, 0.5) is 0 Å². The Hall–Kier alpha value is -0.570. The van der Waals surface area contributed by atoms with Crippen LogP contribution in [0.5, 0.6) is 0 Å². The van der Waals surface area contributed by atoms with Crippen LogP contribution in [0.25, 0.3) is 0 Å². The fourth-order valence-electron chi connectivity index (χ4n) is 2.14. The molecule has 0 radical (unpaired) electrons. The maximum Gasteiger partial charge on any atom is 0.222 e. The van der Waals surface area contributed by atoms with Gasteiger partial charge in [0.2, 0.25) is 5.91 Å². The number of carbonyl (C=O) groups excluding carboxylic acids is 1. The largest absolute Gasteiger partial charge is 0.343 e. The number of hydrogen-bond acceptors (Lipinski definition) is 2. The van der Waals surface area contributed by atoms with E-state index < -0.39 is 0 Å². The minimum absolute atomic E-state index is 0.178. The molecular formula is C14H28N2O. The molecule has 3 nitrogen and oxygen atoms in total. The third-order valence-corrected chi connectivity index (χ3v) is 3.36. The average molecular weight is 240 g/mol. The van der Waals surface area contributed by atoms with E-state index in [1.165, 1.54) is 6.42 Å². The molecule has 17 heavy (non-hydrogen) atoms. The van der Waals surface area contributed by atoms with Gasteiger partial charge >= 0.3 is 0 Å². The van der Waals surface area contributed by atoms with E-state index >= 15 is 0 Å². The molecular weight excluding hydrogens is 212 g/mol. The summed E-state index contributed by atoms with van der Waals surface area (Å²) in [6.45, 7) is 11.6. The van der Waals surface area contributed by atoms with Crippen molar-refractivity contribution in [2.24, 2.45) is 5.92 Å². The molecule has 1 rings (SSSR count). The van der Waals surface area contributed by atoms with Crippen molar-refractivity contribution in [2.45, 2.75) is 58.9 Å². The topological polar surface area (TPSA) is 32.3 Å². The Morgan fingerprint density at radius 1 is 1.35 bits per heavy atom. The molecule has 0 saturated carbocycles. The molecule has 0 aromatic rings. The Labute approximate surface area is 106 Å². The lowest BCUT2D eigenvalue weighted by Gasteiger charge is -2.23. The fourth-order valence-corrected chi connectivity index (χ4v) is 2.14. The van der Waals surface area contributed by atoms with E-state index in [0.717, 1.165) is 38.9 Å². The average Bonchev–Trinajstić information content (AvgIpc) is 2.37. The number of hydrogen-bond donors (Lipinski definition) is 1. The molecule has 1 aliphatic heterocycles. The lowest BCUT2D eigenvalue weighted by Crippen LogP contribution is -2.38. The Bertz CT molecular complexity index is 245. The first-order valence-electron chi connectivity index (χ1n) is 6.91. The van der Waals surface area contributed by atoms with Crippen molar-refractivity contribution < 1.29 is 4.79 Å². The van der Waals surface area contributed by atoms with Crippen LogP contribution in [-0.4, -0.2) is 36.0 Å². The zero-order valence-electron chi connectivity index (χ0n) is 11.9. The van der Waals surface area contributed by atoms with Crippen LogP contribution >= 0.6 is 0 Å². The highest BCUT2D eigenvalue weighted by atomic mass is 16.2. The van der Waals surface area contributed by atoms with Gasteiger partial charge in [0.25, 0.3) is 0 Å². The van der Waals surface area contributed by atoms with Crippen molar-refractivity contribution in [3.63, 3.8) is 0 Å². The van der Waals surface area contributed by atoms with Crippen LogP contribution in [0.1, 0.15) is 53.4 Å². The van der Waals surface area contributed by atoms with E-state index in [2.05, 4.69) is 33.0 Å². The molecule has 1 fully saturated rings. The van der Waals surface area contributed by atoms with Crippen molar-refractivity contribution in [1.82, 2.24) is 10.2 Å². The Balaban J connectivity index is 2.23. The van der Waals surface area contributed by atoms with Crippen molar-refractivity contribution >= 4 is 5.91 Å². The second kappa shape index (κ2) is 6.39. The number of likely N-dealkylation sites (tertiary alicyclic amines) is 1. The van der Waals surface area contributed by atoms with Gasteiger partial charge in [0.05, 0.1) is 0 Å². The van der Waals surface area contributed by atoms with Crippen LogP contribution in [0, 0.1) is 5.92 Å². The summed E-state index contributed by atoms with van der Waals surface area (Å²) in [7, 11) is 0. The number of nitrogens with zero attached hydrogens (tertiary/aromatic N) is 1. The third-order valence-electron chi connectivity index (χ3n) is 3.36. The first kappa shape index (κ1) is 14.5. The first-order chi connectivity index (χ1) is 7.88. The van der Waals surface area contributed by atoms with Gasteiger partial charge in [0.1, 0.15) is 0 Å². The van der Waals surface area contributed by atoms with Gasteiger partial charge in [-0.2, -0.15) is 0 Å². The summed E-state index contributed by atoms with van der Waals surface area (Å²) >= 11 is 0. The van der Waals surface area contributed by atoms with Crippen molar-refractivity contribution in [3.8, 4) is 0 Å². The maximum atomic E-state index is 11.9. The molecule has 1 unspecified atom stereocenters. The lowest BCUT2D eigenvalue weighted by atomic mass is 10.0. The van der Waals surface area contributed by atoms with Crippen LogP contribution in [-0.2, 0) is 4.79 Å². The number of nitrogens with one attached hydrogen (secondary N) is 1. The molecule has 0 aromatic heterocycles. The quantitative estimate of drug-likeness (QED) is 0.765. The van der Waals surface area contributed by atoms with Gasteiger partial charge in [-0.15, -0.1) is 0 Å². The summed E-state index contributed by atoms with van der Waals surface area (Å²) in [4.78, 5) is 13.9. The molecule has 1 aliphatic rings.